The van der Waals surface area contributed by atoms with Gasteiger partial charge in [-0.15, -0.1) is 0 Å². The van der Waals surface area contributed by atoms with Crippen molar-refractivity contribution in [2.24, 2.45) is 5.11 Å². The third-order valence-corrected chi connectivity index (χ3v) is 10.6. The molecule has 2 aliphatic rings. The lowest BCUT2D eigenvalue weighted by Crippen LogP contribution is -2.62. The molecule has 0 amide bonds. The van der Waals surface area contributed by atoms with Gasteiger partial charge in [-0.05, 0) is 54.1 Å². The van der Waals surface area contributed by atoms with Crippen molar-refractivity contribution in [1.82, 2.24) is 0 Å². The summed E-state index contributed by atoms with van der Waals surface area (Å²) in [5, 5.41) is 4.23. The van der Waals surface area contributed by atoms with Crippen LogP contribution >= 0.6 is 0 Å². The number of aryl methyl sites for hydroxylation is 1. The summed E-state index contributed by atoms with van der Waals surface area (Å²) in [4.78, 5) is 3.24. The Bertz CT molecular complexity index is 2050. The third-order valence-electron chi connectivity index (χ3n) is 10.6. The fourth-order valence-corrected chi connectivity index (χ4v) is 7.64. The molecule has 2 aliphatic heterocycles. The quantitative estimate of drug-likeness (QED) is 0.0433. The lowest BCUT2D eigenvalue weighted by molar-refractivity contribution is -0.329. The highest BCUT2D eigenvalue weighted by Gasteiger charge is 2.50. The molecular formula is C49H55N3O8. The van der Waals surface area contributed by atoms with Gasteiger partial charge in [-0.25, -0.2) is 0 Å². The van der Waals surface area contributed by atoms with Crippen LogP contribution in [0.25, 0.3) is 10.4 Å². The monoisotopic (exact) mass is 813 g/mol. The minimum Gasteiger partial charge on any atom is -0.374 e. The van der Waals surface area contributed by atoms with Gasteiger partial charge in [-0.3, -0.25) is 0 Å². The average Bonchev–Trinajstić information content (AvgIpc) is 3.58. The molecular weight excluding hydrogens is 759 g/mol. The van der Waals surface area contributed by atoms with Gasteiger partial charge in [-0.2, -0.15) is 0 Å². The summed E-state index contributed by atoms with van der Waals surface area (Å²) in [6.45, 7) is 7.14. The van der Waals surface area contributed by atoms with Crippen molar-refractivity contribution in [1.29, 1.82) is 0 Å². The van der Waals surface area contributed by atoms with Crippen LogP contribution in [0.5, 0.6) is 0 Å². The summed E-state index contributed by atoms with van der Waals surface area (Å²) in [6.07, 6.45) is -4.19. The maximum Gasteiger partial charge on any atom is 0.186 e. The van der Waals surface area contributed by atoms with E-state index in [1.807, 2.05) is 135 Å². The first-order valence-electron chi connectivity index (χ1n) is 20.6. The van der Waals surface area contributed by atoms with Gasteiger partial charge >= 0.3 is 0 Å². The molecule has 0 saturated carbocycles. The van der Waals surface area contributed by atoms with Crippen LogP contribution in [0.2, 0.25) is 0 Å². The molecule has 5 aromatic carbocycles. The Morgan fingerprint density at radius 1 is 0.583 bits per heavy atom. The van der Waals surface area contributed by atoms with Crippen molar-refractivity contribution in [3.63, 3.8) is 0 Å². The Hall–Kier alpha value is -4.91. The standard InChI is InChI=1S/C49H55N3O8/c1-35-24-26-36(27-25-35)28-42-44(60-49(2,3)59-42)41(51-52-50)33-57-48-47(56-32-40-22-14-7-15-23-40)46(55-31-39-20-12-6-13-21-39)45(54-30-38-18-10-5-11-19-38)43(58-48)34-53-29-37-16-8-4-9-17-37/h4-27,41-48H,28-34H2,1-3H3/t41-,42+,43?,44-,45?,46?,47?,48?/m0/s1. The molecule has 11 nitrogen and oxygen atoms in total. The average molecular weight is 814 g/mol. The number of hydrogen-bond donors (Lipinski definition) is 0. The van der Waals surface area contributed by atoms with Crippen LogP contribution in [0.15, 0.2) is 151 Å². The maximum atomic E-state index is 9.87. The topological polar surface area (TPSA) is 123 Å². The number of rotatable bonds is 20. The minimum atomic E-state index is -0.987. The summed E-state index contributed by atoms with van der Waals surface area (Å²) in [5.41, 5.74) is 16.1. The SMILES string of the molecule is Cc1ccc(C[C@H]2OC(C)(C)O[C@H]2[C@H](COC2OC(COCc3ccccc3)C(OCc3ccccc3)C(OCc3ccccc3)C2OCc2ccccc2)N=[N+]=[N-])cc1. The van der Waals surface area contributed by atoms with Crippen LogP contribution < -0.4 is 0 Å². The predicted molar refractivity (Wildman–Crippen MR) is 227 cm³/mol. The van der Waals surface area contributed by atoms with Crippen molar-refractivity contribution in [3.8, 4) is 0 Å². The Morgan fingerprint density at radius 3 is 1.62 bits per heavy atom. The van der Waals surface area contributed by atoms with Gasteiger partial charge in [0.05, 0.1) is 57.9 Å². The molecule has 0 N–H and O–H groups in total. The molecule has 60 heavy (non-hydrogen) atoms. The molecule has 2 heterocycles. The van der Waals surface area contributed by atoms with E-state index in [-0.39, 0.29) is 26.4 Å². The van der Waals surface area contributed by atoms with E-state index in [0.29, 0.717) is 19.6 Å². The zero-order valence-corrected chi connectivity index (χ0v) is 34.5. The van der Waals surface area contributed by atoms with Crippen molar-refractivity contribution < 1.29 is 37.9 Å². The zero-order chi connectivity index (χ0) is 41.6. The van der Waals surface area contributed by atoms with Crippen molar-refractivity contribution in [2.75, 3.05) is 13.2 Å². The number of azide groups is 1. The van der Waals surface area contributed by atoms with Crippen molar-refractivity contribution in [3.05, 3.63) is 189 Å². The van der Waals surface area contributed by atoms with Gasteiger partial charge in [-0.1, -0.05) is 156 Å². The number of ether oxygens (including phenoxy) is 8. The minimum absolute atomic E-state index is 0.0486. The first-order chi connectivity index (χ1) is 29.3. The maximum absolute atomic E-state index is 9.87. The molecule has 11 heteroatoms. The third kappa shape index (κ3) is 12.3. The van der Waals surface area contributed by atoms with E-state index in [1.54, 1.807) is 0 Å². The van der Waals surface area contributed by atoms with Gasteiger partial charge in [0.1, 0.15) is 24.4 Å². The van der Waals surface area contributed by atoms with Crippen LogP contribution in [-0.4, -0.2) is 68.0 Å². The Kier molecular flexibility index (Phi) is 15.5. The second kappa shape index (κ2) is 21.6. The van der Waals surface area contributed by atoms with Gasteiger partial charge < -0.3 is 37.9 Å². The van der Waals surface area contributed by atoms with Crippen molar-refractivity contribution in [2.45, 2.75) is 108 Å². The van der Waals surface area contributed by atoms with Crippen LogP contribution in [-0.2, 0) is 70.7 Å². The molecule has 0 aromatic heterocycles. The summed E-state index contributed by atoms with van der Waals surface area (Å²) in [5.74, 6) is -0.910. The largest absolute Gasteiger partial charge is 0.374 e. The van der Waals surface area contributed by atoms with Crippen LogP contribution in [0.1, 0.15) is 47.2 Å². The molecule has 2 saturated heterocycles. The molecule has 7 rings (SSSR count). The van der Waals surface area contributed by atoms with E-state index in [1.165, 1.54) is 5.56 Å². The molecule has 0 spiro atoms. The molecule has 8 atom stereocenters. The van der Waals surface area contributed by atoms with Gasteiger partial charge in [0, 0.05) is 11.3 Å². The highest BCUT2D eigenvalue weighted by atomic mass is 16.8. The molecule has 0 aliphatic carbocycles. The lowest BCUT2D eigenvalue weighted by Gasteiger charge is -2.46. The van der Waals surface area contributed by atoms with Crippen LogP contribution in [0, 0.1) is 6.92 Å². The Labute approximate surface area is 353 Å². The number of benzene rings is 5. The molecule has 0 bridgehead atoms. The second-order valence-corrected chi connectivity index (χ2v) is 15.8. The van der Waals surface area contributed by atoms with E-state index in [2.05, 4.69) is 41.2 Å². The molecule has 314 valence electrons. The Morgan fingerprint density at radius 2 is 1.08 bits per heavy atom. The summed E-state index contributed by atoms with van der Waals surface area (Å²) >= 11 is 0. The molecule has 5 unspecified atom stereocenters. The highest BCUT2D eigenvalue weighted by molar-refractivity contribution is 5.23. The lowest BCUT2D eigenvalue weighted by atomic mass is 9.97. The Balaban J connectivity index is 1.19. The van der Waals surface area contributed by atoms with E-state index < -0.39 is 54.7 Å². The smallest absolute Gasteiger partial charge is 0.186 e. The first-order valence-corrected chi connectivity index (χ1v) is 20.6. The van der Waals surface area contributed by atoms with Crippen LogP contribution in [0.4, 0.5) is 0 Å². The van der Waals surface area contributed by atoms with Crippen LogP contribution in [0.3, 0.4) is 0 Å². The molecule has 0 radical (unpaired) electrons. The van der Waals surface area contributed by atoms with E-state index in [0.717, 1.165) is 27.8 Å². The zero-order valence-electron chi connectivity index (χ0n) is 34.5. The molecule has 2 fully saturated rings. The summed E-state index contributed by atoms with van der Waals surface area (Å²) in [6, 6.07) is 47.5. The number of nitrogens with zero attached hydrogens (tertiary/aromatic N) is 3. The van der Waals surface area contributed by atoms with E-state index in [9.17, 15) is 5.53 Å². The number of hydrogen-bond acceptors (Lipinski definition) is 9. The first kappa shape index (κ1) is 43.2. The second-order valence-electron chi connectivity index (χ2n) is 15.8. The van der Waals surface area contributed by atoms with Gasteiger partial charge in [0.15, 0.2) is 12.1 Å². The predicted octanol–water partition coefficient (Wildman–Crippen LogP) is 9.45. The van der Waals surface area contributed by atoms with E-state index >= 15 is 0 Å². The fourth-order valence-electron chi connectivity index (χ4n) is 7.64. The summed E-state index contributed by atoms with van der Waals surface area (Å²) < 4.78 is 53.3. The normalized spacial score (nSPS) is 24.1. The highest BCUT2D eigenvalue weighted by Crippen LogP contribution is 2.35. The summed E-state index contributed by atoms with van der Waals surface area (Å²) in [7, 11) is 0. The fraction of sp³-hybridized carbons (Fsp3) is 0.388. The van der Waals surface area contributed by atoms with E-state index in [4.69, 9.17) is 37.9 Å². The van der Waals surface area contributed by atoms with Gasteiger partial charge in [0.25, 0.3) is 0 Å². The van der Waals surface area contributed by atoms with Gasteiger partial charge in [0.2, 0.25) is 0 Å². The molecule has 5 aromatic rings. The van der Waals surface area contributed by atoms with Crippen molar-refractivity contribution >= 4 is 0 Å².